The zero-order valence-corrected chi connectivity index (χ0v) is 12.3. The lowest BCUT2D eigenvalue weighted by Crippen LogP contribution is -2.04. The lowest BCUT2D eigenvalue weighted by molar-refractivity contribution is -0.114. The fourth-order valence-electron chi connectivity index (χ4n) is 1.54. The minimum Gasteiger partial charge on any atom is -0.497 e. The molecule has 21 heavy (non-hydrogen) atoms. The van der Waals surface area contributed by atoms with Crippen LogP contribution in [-0.4, -0.2) is 23.2 Å². The van der Waals surface area contributed by atoms with Gasteiger partial charge in [-0.25, -0.2) is 0 Å². The summed E-state index contributed by atoms with van der Waals surface area (Å²) >= 11 is 1.15. The molecule has 0 bridgehead atoms. The van der Waals surface area contributed by atoms with Gasteiger partial charge in [-0.2, -0.15) is 5.26 Å². The maximum absolute atomic E-state index is 10.9. The molecule has 0 fully saturated rings. The summed E-state index contributed by atoms with van der Waals surface area (Å²) in [5.74, 6) is 0.518. The van der Waals surface area contributed by atoms with Crippen molar-refractivity contribution >= 4 is 34.0 Å². The second kappa shape index (κ2) is 6.63. The van der Waals surface area contributed by atoms with Gasteiger partial charge in [0.05, 0.1) is 12.7 Å². The predicted octanol–water partition coefficient (Wildman–Crippen LogP) is 2.57. The first-order valence-electron chi connectivity index (χ1n) is 5.99. The number of hydrogen-bond acceptors (Lipinski definition) is 6. The summed E-state index contributed by atoms with van der Waals surface area (Å²) in [6.45, 7) is 1.39. The Morgan fingerprint density at radius 3 is 2.67 bits per heavy atom. The molecule has 1 N–H and O–H groups in total. The van der Waals surface area contributed by atoms with Crippen molar-refractivity contribution in [3.05, 3.63) is 34.8 Å². The van der Waals surface area contributed by atoms with Crippen LogP contribution >= 0.6 is 11.3 Å². The van der Waals surface area contributed by atoms with Gasteiger partial charge >= 0.3 is 0 Å². The predicted molar refractivity (Wildman–Crippen MR) is 80.7 cm³/mol. The fraction of sp³-hybridized carbons (Fsp3) is 0.143. The molecular formula is C14H12N4O2S. The molecular weight excluding hydrogens is 288 g/mol. The summed E-state index contributed by atoms with van der Waals surface area (Å²) in [5.41, 5.74) is 1.23. The van der Waals surface area contributed by atoms with Crippen molar-refractivity contribution in [2.24, 2.45) is 0 Å². The van der Waals surface area contributed by atoms with Gasteiger partial charge in [0.25, 0.3) is 0 Å². The van der Waals surface area contributed by atoms with E-state index in [-0.39, 0.29) is 5.91 Å². The highest BCUT2D eigenvalue weighted by Gasteiger charge is 2.10. The molecule has 2 aromatic rings. The number of nitriles is 1. The molecule has 106 valence electrons. The number of benzene rings is 1. The van der Waals surface area contributed by atoms with Crippen LogP contribution in [0.2, 0.25) is 0 Å². The number of rotatable bonds is 4. The quantitative estimate of drug-likeness (QED) is 0.877. The van der Waals surface area contributed by atoms with Crippen LogP contribution in [0.5, 0.6) is 5.75 Å². The van der Waals surface area contributed by atoms with Gasteiger partial charge in [-0.1, -0.05) is 23.5 Å². The summed E-state index contributed by atoms with van der Waals surface area (Å²) in [7, 11) is 1.59. The second-order valence-electron chi connectivity index (χ2n) is 4.04. The second-order valence-corrected chi connectivity index (χ2v) is 5.01. The van der Waals surface area contributed by atoms with Crippen LogP contribution in [-0.2, 0) is 4.79 Å². The van der Waals surface area contributed by atoms with E-state index in [0.29, 0.717) is 15.7 Å². The summed E-state index contributed by atoms with van der Waals surface area (Å²) in [6, 6.07) is 9.38. The highest BCUT2D eigenvalue weighted by molar-refractivity contribution is 7.16. The topological polar surface area (TPSA) is 87.9 Å². The molecule has 0 radical (unpaired) electrons. The van der Waals surface area contributed by atoms with E-state index in [9.17, 15) is 10.1 Å². The van der Waals surface area contributed by atoms with Crippen molar-refractivity contribution in [1.29, 1.82) is 5.26 Å². The van der Waals surface area contributed by atoms with E-state index in [1.54, 1.807) is 13.2 Å². The number of ether oxygens (including phenoxy) is 1. The van der Waals surface area contributed by atoms with Crippen LogP contribution in [0.3, 0.4) is 0 Å². The van der Waals surface area contributed by atoms with Gasteiger partial charge < -0.3 is 10.1 Å². The standard InChI is InChI=1S/C14H12N4O2S/c1-9(19)16-14-18-17-13(21-14)11(8-15)7-10-3-5-12(20-2)6-4-10/h3-7H,1-2H3,(H,16,18,19). The maximum Gasteiger partial charge on any atom is 0.223 e. The number of hydrogen-bond donors (Lipinski definition) is 1. The fourth-order valence-corrected chi connectivity index (χ4v) is 2.30. The summed E-state index contributed by atoms with van der Waals surface area (Å²) in [6.07, 6.45) is 1.71. The van der Waals surface area contributed by atoms with Crippen molar-refractivity contribution in [2.45, 2.75) is 6.92 Å². The van der Waals surface area contributed by atoms with Gasteiger partial charge in [-0.15, -0.1) is 10.2 Å². The molecule has 0 spiro atoms. The molecule has 0 saturated heterocycles. The molecule has 0 aliphatic carbocycles. The Balaban J connectivity index is 2.25. The normalized spacial score (nSPS) is 10.8. The molecule has 1 amide bonds. The van der Waals surface area contributed by atoms with Crippen LogP contribution in [0.4, 0.5) is 5.13 Å². The molecule has 0 aliphatic rings. The van der Waals surface area contributed by atoms with E-state index < -0.39 is 0 Å². The number of carbonyl (C=O) groups is 1. The number of allylic oxidation sites excluding steroid dienone is 1. The van der Waals surface area contributed by atoms with Crippen molar-refractivity contribution in [3.8, 4) is 11.8 Å². The Labute approximate surface area is 125 Å². The number of carbonyl (C=O) groups excluding carboxylic acids is 1. The van der Waals surface area contributed by atoms with Crippen LogP contribution in [0, 0.1) is 11.3 Å². The molecule has 1 heterocycles. The maximum atomic E-state index is 10.9. The van der Waals surface area contributed by atoms with E-state index in [1.165, 1.54) is 6.92 Å². The highest BCUT2D eigenvalue weighted by atomic mass is 32.1. The summed E-state index contributed by atoms with van der Waals surface area (Å²) < 4.78 is 5.08. The molecule has 0 unspecified atom stereocenters. The highest BCUT2D eigenvalue weighted by Crippen LogP contribution is 2.24. The molecule has 0 aliphatic heterocycles. The smallest absolute Gasteiger partial charge is 0.223 e. The SMILES string of the molecule is COc1ccc(C=C(C#N)c2nnc(NC(C)=O)s2)cc1. The van der Waals surface area contributed by atoms with Gasteiger partial charge in [0.1, 0.15) is 11.8 Å². The van der Waals surface area contributed by atoms with E-state index in [1.807, 2.05) is 24.3 Å². The lowest BCUT2D eigenvalue weighted by atomic mass is 10.1. The third kappa shape index (κ3) is 3.87. The molecule has 2 rings (SSSR count). The molecule has 6 nitrogen and oxygen atoms in total. The minimum atomic E-state index is -0.227. The summed E-state index contributed by atoms with van der Waals surface area (Å²) in [4.78, 5) is 10.9. The Morgan fingerprint density at radius 1 is 1.38 bits per heavy atom. The monoisotopic (exact) mass is 300 g/mol. The van der Waals surface area contributed by atoms with E-state index in [2.05, 4.69) is 21.6 Å². The minimum absolute atomic E-state index is 0.227. The third-order valence-electron chi connectivity index (χ3n) is 2.49. The Kier molecular flexibility index (Phi) is 4.64. The van der Waals surface area contributed by atoms with Crippen LogP contribution in [0.15, 0.2) is 24.3 Å². The Morgan fingerprint density at radius 2 is 2.10 bits per heavy atom. The van der Waals surface area contributed by atoms with E-state index in [0.717, 1.165) is 22.6 Å². The molecule has 0 atom stereocenters. The number of methoxy groups -OCH3 is 1. The molecule has 1 aromatic heterocycles. The average molecular weight is 300 g/mol. The van der Waals surface area contributed by atoms with Crippen molar-refractivity contribution in [3.63, 3.8) is 0 Å². The first kappa shape index (κ1) is 14.7. The first-order valence-corrected chi connectivity index (χ1v) is 6.81. The first-order chi connectivity index (χ1) is 10.1. The number of nitrogens with one attached hydrogen (secondary N) is 1. The van der Waals surface area contributed by atoms with Crippen molar-refractivity contribution in [1.82, 2.24) is 10.2 Å². The largest absolute Gasteiger partial charge is 0.497 e. The molecule has 1 aromatic carbocycles. The molecule has 0 saturated carbocycles. The van der Waals surface area contributed by atoms with Crippen LogP contribution in [0.1, 0.15) is 17.5 Å². The van der Waals surface area contributed by atoms with Crippen molar-refractivity contribution < 1.29 is 9.53 Å². The number of nitrogens with zero attached hydrogens (tertiary/aromatic N) is 3. The van der Waals surface area contributed by atoms with Gasteiger partial charge in [-0.05, 0) is 23.8 Å². The zero-order chi connectivity index (χ0) is 15.2. The van der Waals surface area contributed by atoms with Gasteiger partial charge in [-0.3, -0.25) is 4.79 Å². The van der Waals surface area contributed by atoms with Gasteiger partial charge in [0, 0.05) is 6.92 Å². The number of anilines is 1. The van der Waals surface area contributed by atoms with Gasteiger partial charge in [0.15, 0.2) is 5.01 Å². The summed E-state index contributed by atoms with van der Waals surface area (Å²) in [5, 5.41) is 20.3. The zero-order valence-electron chi connectivity index (χ0n) is 11.5. The van der Waals surface area contributed by atoms with Crippen LogP contribution < -0.4 is 10.1 Å². The van der Waals surface area contributed by atoms with Gasteiger partial charge in [0.2, 0.25) is 11.0 Å². The Bertz CT molecular complexity index is 713. The molecule has 7 heteroatoms. The number of aromatic nitrogens is 2. The van der Waals surface area contributed by atoms with E-state index in [4.69, 9.17) is 4.74 Å². The van der Waals surface area contributed by atoms with Crippen molar-refractivity contribution in [2.75, 3.05) is 12.4 Å². The average Bonchev–Trinajstić information content (AvgIpc) is 2.93. The Hall–Kier alpha value is -2.72. The van der Waals surface area contributed by atoms with Crippen LogP contribution in [0.25, 0.3) is 11.6 Å². The third-order valence-corrected chi connectivity index (χ3v) is 3.36. The van der Waals surface area contributed by atoms with E-state index >= 15 is 0 Å². The lowest BCUT2D eigenvalue weighted by Gasteiger charge is -1.99. The number of amides is 1.